The Kier molecular flexibility index (Phi) is 4.99. The van der Waals surface area contributed by atoms with Gasteiger partial charge in [0.05, 0.1) is 6.61 Å². The van der Waals surface area contributed by atoms with Crippen molar-refractivity contribution in [2.24, 2.45) is 5.92 Å². The first-order valence-electron chi connectivity index (χ1n) is 12.0. The van der Waals surface area contributed by atoms with E-state index in [0.717, 1.165) is 50.6 Å². The second-order valence-electron chi connectivity index (χ2n) is 9.70. The Labute approximate surface area is 194 Å². The predicted octanol–water partition coefficient (Wildman–Crippen LogP) is 5.31. The molecule has 2 heterocycles. The Morgan fingerprint density at radius 3 is 2.55 bits per heavy atom. The van der Waals surface area contributed by atoms with Crippen molar-refractivity contribution < 1.29 is 14.6 Å². The molecule has 3 aliphatic rings. The lowest BCUT2D eigenvalue weighted by Gasteiger charge is -2.44. The molecule has 33 heavy (non-hydrogen) atoms. The quantitative estimate of drug-likeness (QED) is 0.562. The van der Waals surface area contributed by atoms with Crippen molar-refractivity contribution in [1.29, 1.82) is 0 Å². The van der Waals surface area contributed by atoms with Gasteiger partial charge < -0.3 is 19.5 Å². The highest BCUT2D eigenvalue weighted by Gasteiger charge is 2.50. The Morgan fingerprint density at radius 2 is 1.76 bits per heavy atom. The molecule has 0 bridgehead atoms. The van der Waals surface area contributed by atoms with Crippen molar-refractivity contribution >= 4 is 12.0 Å². The highest BCUT2D eigenvalue weighted by molar-refractivity contribution is 5.57. The number of hydrogen-bond acceptors (Lipinski definition) is 4. The standard InChI is InChI=1S/C29H29NO3/c31-18-20-12-15-30(16-13-20)24-7-5-22(6-8-24)28-26-10-9-25(32)17-23(26)19-33-29(28)14-11-21-3-1-2-4-27(21)29/h1-10,17-18,20,28,32H,11-16,19H2/t28-,29-/m0/s1. The van der Waals surface area contributed by atoms with Crippen molar-refractivity contribution in [3.05, 3.63) is 94.5 Å². The third-order valence-corrected chi connectivity index (χ3v) is 7.95. The molecule has 1 spiro atoms. The minimum absolute atomic E-state index is 0.0698. The topological polar surface area (TPSA) is 49.8 Å². The average molecular weight is 440 g/mol. The molecule has 1 saturated heterocycles. The Bertz CT molecular complexity index is 1180. The molecule has 0 aromatic heterocycles. The van der Waals surface area contributed by atoms with E-state index in [0.29, 0.717) is 6.61 Å². The van der Waals surface area contributed by atoms with E-state index in [9.17, 15) is 9.90 Å². The third-order valence-electron chi connectivity index (χ3n) is 7.95. The van der Waals surface area contributed by atoms with Gasteiger partial charge in [-0.1, -0.05) is 42.5 Å². The van der Waals surface area contributed by atoms with Crippen LogP contribution in [-0.2, 0) is 28.2 Å². The highest BCUT2D eigenvalue weighted by atomic mass is 16.5. The van der Waals surface area contributed by atoms with Crippen LogP contribution in [0, 0.1) is 5.92 Å². The van der Waals surface area contributed by atoms with Crippen LogP contribution >= 0.6 is 0 Å². The van der Waals surface area contributed by atoms with E-state index in [4.69, 9.17) is 4.74 Å². The molecule has 168 valence electrons. The molecule has 0 amide bonds. The van der Waals surface area contributed by atoms with Gasteiger partial charge in [0.15, 0.2) is 0 Å². The normalized spacial score (nSPS) is 24.5. The van der Waals surface area contributed by atoms with Gasteiger partial charge >= 0.3 is 0 Å². The zero-order valence-corrected chi connectivity index (χ0v) is 18.7. The van der Waals surface area contributed by atoms with Crippen molar-refractivity contribution in [1.82, 2.24) is 0 Å². The molecule has 0 radical (unpaired) electrons. The summed E-state index contributed by atoms with van der Waals surface area (Å²) in [6.07, 6.45) is 4.94. The van der Waals surface area contributed by atoms with Crippen LogP contribution in [0.5, 0.6) is 5.75 Å². The number of hydrogen-bond donors (Lipinski definition) is 1. The van der Waals surface area contributed by atoms with Crippen molar-refractivity contribution in [2.75, 3.05) is 18.0 Å². The number of ether oxygens (including phenoxy) is 1. The summed E-state index contributed by atoms with van der Waals surface area (Å²) in [7, 11) is 0. The summed E-state index contributed by atoms with van der Waals surface area (Å²) in [5.74, 6) is 0.559. The van der Waals surface area contributed by atoms with Crippen LogP contribution in [0.4, 0.5) is 5.69 Å². The number of piperidine rings is 1. The van der Waals surface area contributed by atoms with Gasteiger partial charge in [0.25, 0.3) is 0 Å². The maximum absolute atomic E-state index is 11.1. The number of aromatic hydroxyl groups is 1. The van der Waals surface area contributed by atoms with Crippen LogP contribution in [-0.4, -0.2) is 24.5 Å². The maximum atomic E-state index is 11.1. The number of aryl methyl sites for hydroxylation is 1. The summed E-state index contributed by atoms with van der Waals surface area (Å²) in [5.41, 5.74) is 7.06. The minimum Gasteiger partial charge on any atom is -0.508 e. The second kappa shape index (κ2) is 8.03. The van der Waals surface area contributed by atoms with E-state index in [2.05, 4.69) is 59.5 Å². The molecule has 1 aliphatic carbocycles. The Balaban J connectivity index is 1.40. The number of anilines is 1. The van der Waals surface area contributed by atoms with Gasteiger partial charge in [-0.2, -0.15) is 0 Å². The molecule has 3 aromatic carbocycles. The molecule has 3 aromatic rings. The molecule has 2 aliphatic heterocycles. The molecule has 4 nitrogen and oxygen atoms in total. The zero-order chi connectivity index (χ0) is 22.4. The molecular weight excluding hydrogens is 410 g/mol. The van der Waals surface area contributed by atoms with Crippen LogP contribution in [0.25, 0.3) is 0 Å². The molecule has 1 N–H and O–H groups in total. The number of carbonyl (C=O) groups is 1. The number of aldehydes is 1. The fourth-order valence-electron chi connectivity index (χ4n) is 6.22. The summed E-state index contributed by atoms with van der Waals surface area (Å²) in [6, 6.07) is 23.4. The van der Waals surface area contributed by atoms with Gasteiger partial charge in [-0.05, 0) is 77.8 Å². The van der Waals surface area contributed by atoms with Gasteiger partial charge in [-0.25, -0.2) is 0 Å². The van der Waals surface area contributed by atoms with Crippen molar-refractivity contribution in [2.45, 2.75) is 43.8 Å². The summed E-state index contributed by atoms with van der Waals surface area (Å²) >= 11 is 0. The lowest BCUT2D eigenvalue weighted by Crippen LogP contribution is -2.39. The zero-order valence-electron chi connectivity index (χ0n) is 18.7. The molecule has 0 saturated carbocycles. The highest BCUT2D eigenvalue weighted by Crippen LogP contribution is 2.55. The fraction of sp³-hybridized carbons (Fsp3) is 0.345. The molecule has 2 atom stereocenters. The molecule has 0 unspecified atom stereocenters. The SMILES string of the molecule is O=CC1CCN(c2ccc([C@H]3c4ccc(O)cc4CO[C@]34CCc3ccccc34)cc2)CC1. The number of phenols is 1. The predicted molar refractivity (Wildman–Crippen MR) is 129 cm³/mol. The van der Waals surface area contributed by atoms with Gasteiger partial charge in [-0.15, -0.1) is 0 Å². The summed E-state index contributed by atoms with van der Waals surface area (Å²) in [4.78, 5) is 13.5. The van der Waals surface area contributed by atoms with Crippen LogP contribution in [0.15, 0.2) is 66.7 Å². The first-order chi connectivity index (χ1) is 16.2. The smallest absolute Gasteiger partial charge is 0.123 e. The van der Waals surface area contributed by atoms with E-state index in [1.807, 2.05) is 6.07 Å². The fourth-order valence-corrected chi connectivity index (χ4v) is 6.22. The number of phenolic OH excluding ortho intramolecular Hbond substituents is 1. The molecule has 6 rings (SSSR count). The van der Waals surface area contributed by atoms with Crippen molar-refractivity contribution in [3.63, 3.8) is 0 Å². The van der Waals surface area contributed by atoms with Crippen LogP contribution in [0.2, 0.25) is 0 Å². The van der Waals surface area contributed by atoms with Gasteiger partial charge in [0, 0.05) is 30.6 Å². The number of fused-ring (bicyclic) bond motifs is 3. The van der Waals surface area contributed by atoms with Gasteiger partial charge in [0.2, 0.25) is 0 Å². The van der Waals surface area contributed by atoms with Crippen LogP contribution in [0.3, 0.4) is 0 Å². The lowest BCUT2D eigenvalue weighted by molar-refractivity contribution is -0.111. The van der Waals surface area contributed by atoms with E-state index < -0.39 is 0 Å². The average Bonchev–Trinajstić information content (AvgIpc) is 3.23. The first-order valence-corrected chi connectivity index (χ1v) is 12.0. The van der Waals surface area contributed by atoms with E-state index in [-0.39, 0.29) is 23.2 Å². The van der Waals surface area contributed by atoms with Crippen LogP contribution < -0.4 is 4.90 Å². The third kappa shape index (κ3) is 3.36. The number of benzene rings is 3. The first kappa shape index (κ1) is 20.5. The largest absolute Gasteiger partial charge is 0.508 e. The summed E-state index contributed by atoms with van der Waals surface area (Å²) in [5, 5.41) is 10.1. The molecule has 1 fully saturated rings. The maximum Gasteiger partial charge on any atom is 0.123 e. The van der Waals surface area contributed by atoms with Gasteiger partial charge in [0.1, 0.15) is 17.6 Å². The molecular formula is C29H29NO3. The number of rotatable bonds is 3. The summed E-state index contributed by atoms with van der Waals surface area (Å²) < 4.78 is 6.72. The van der Waals surface area contributed by atoms with E-state index in [1.165, 1.54) is 27.9 Å². The Morgan fingerprint density at radius 1 is 0.970 bits per heavy atom. The van der Waals surface area contributed by atoms with Crippen molar-refractivity contribution in [3.8, 4) is 5.75 Å². The number of carbonyl (C=O) groups excluding carboxylic acids is 1. The monoisotopic (exact) mass is 439 g/mol. The minimum atomic E-state index is -0.385. The number of nitrogens with zero attached hydrogens (tertiary/aromatic N) is 1. The second-order valence-corrected chi connectivity index (χ2v) is 9.70. The summed E-state index contributed by atoms with van der Waals surface area (Å²) in [6.45, 7) is 2.36. The van der Waals surface area contributed by atoms with Crippen LogP contribution in [0.1, 0.15) is 53.0 Å². The lowest BCUT2D eigenvalue weighted by atomic mass is 9.71. The molecule has 4 heteroatoms. The van der Waals surface area contributed by atoms with E-state index in [1.54, 1.807) is 6.07 Å². The van der Waals surface area contributed by atoms with Gasteiger partial charge in [-0.3, -0.25) is 0 Å². The Hall–Kier alpha value is -3.11. The van der Waals surface area contributed by atoms with E-state index >= 15 is 0 Å².